The van der Waals surface area contributed by atoms with Gasteiger partial charge in [-0.05, 0) is 30.5 Å². The maximum absolute atomic E-state index is 5.91. The van der Waals surface area contributed by atoms with E-state index in [4.69, 9.17) is 16.3 Å². The summed E-state index contributed by atoms with van der Waals surface area (Å²) in [7, 11) is 1.85. The normalized spacial score (nSPS) is 24.6. The van der Waals surface area contributed by atoms with Crippen molar-refractivity contribution in [2.45, 2.75) is 19.4 Å². The van der Waals surface area contributed by atoms with Gasteiger partial charge in [-0.1, -0.05) is 23.7 Å². The number of likely N-dealkylation sites (tertiary alicyclic amines) is 1. The van der Waals surface area contributed by atoms with Crippen molar-refractivity contribution in [3.8, 4) is 0 Å². The molecule has 1 N–H and O–H groups in total. The number of ether oxygens (including phenoxy) is 1. The molecule has 0 bridgehead atoms. The summed E-state index contributed by atoms with van der Waals surface area (Å²) in [4.78, 5) is 6.77. The first-order valence-corrected chi connectivity index (χ1v) is 7.86. The zero-order valence-electron chi connectivity index (χ0n) is 12.8. The fourth-order valence-corrected chi connectivity index (χ4v) is 3.33. The van der Waals surface area contributed by atoms with E-state index >= 15 is 0 Å². The van der Waals surface area contributed by atoms with E-state index < -0.39 is 0 Å². The van der Waals surface area contributed by atoms with Crippen LogP contribution in [0.4, 0.5) is 0 Å². The first-order valence-electron chi connectivity index (χ1n) is 7.49. The van der Waals surface area contributed by atoms with Crippen molar-refractivity contribution in [1.82, 2.24) is 10.2 Å². The van der Waals surface area contributed by atoms with Crippen molar-refractivity contribution in [1.29, 1.82) is 0 Å². The lowest BCUT2D eigenvalue weighted by atomic mass is 9.87. The molecule has 3 rings (SSSR count). The Kier molecular flexibility index (Phi) is 6.35. The standard InChI is InChI=1S/C16H22ClN3O.HI/c1-18-15(19-10-13-2-4-14(17)5-3-13)20-8-6-16(11-20)7-9-21-12-16;/h2-5H,6-12H2,1H3,(H,18,19);1H. The summed E-state index contributed by atoms with van der Waals surface area (Å²) in [5.74, 6) is 0.980. The number of nitrogens with zero attached hydrogens (tertiary/aromatic N) is 2. The van der Waals surface area contributed by atoms with E-state index in [1.807, 2.05) is 31.3 Å². The molecule has 1 aromatic rings. The molecule has 122 valence electrons. The molecule has 2 aliphatic rings. The fourth-order valence-electron chi connectivity index (χ4n) is 3.20. The zero-order valence-corrected chi connectivity index (χ0v) is 15.9. The Morgan fingerprint density at radius 2 is 2.14 bits per heavy atom. The van der Waals surface area contributed by atoms with Crippen LogP contribution in [0.1, 0.15) is 18.4 Å². The van der Waals surface area contributed by atoms with Crippen LogP contribution in [0, 0.1) is 5.41 Å². The first-order chi connectivity index (χ1) is 10.2. The van der Waals surface area contributed by atoms with E-state index in [-0.39, 0.29) is 24.0 Å². The number of rotatable bonds is 2. The first kappa shape index (κ1) is 17.8. The maximum Gasteiger partial charge on any atom is 0.193 e. The molecule has 4 nitrogen and oxygen atoms in total. The van der Waals surface area contributed by atoms with E-state index in [1.165, 1.54) is 18.4 Å². The molecule has 6 heteroatoms. The van der Waals surface area contributed by atoms with Crippen LogP contribution in [0.2, 0.25) is 5.02 Å². The van der Waals surface area contributed by atoms with E-state index in [9.17, 15) is 0 Å². The molecule has 0 aliphatic carbocycles. The van der Waals surface area contributed by atoms with Crippen molar-refractivity contribution in [3.63, 3.8) is 0 Å². The number of halogens is 2. The topological polar surface area (TPSA) is 36.9 Å². The van der Waals surface area contributed by atoms with Crippen molar-refractivity contribution in [2.75, 3.05) is 33.4 Å². The second-order valence-electron chi connectivity index (χ2n) is 6.00. The molecule has 2 saturated heterocycles. The maximum atomic E-state index is 5.91. The van der Waals surface area contributed by atoms with Gasteiger partial charge in [0.25, 0.3) is 0 Å². The van der Waals surface area contributed by atoms with Gasteiger partial charge in [-0.25, -0.2) is 0 Å². The van der Waals surface area contributed by atoms with E-state index in [2.05, 4.69) is 15.2 Å². The highest BCUT2D eigenvalue weighted by Gasteiger charge is 2.42. The molecule has 1 unspecified atom stereocenters. The van der Waals surface area contributed by atoms with Gasteiger partial charge in [0.2, 0.25) is 0 Å². The van der Waals surface area contributed by atoms with E-state index in [0.717, 1.165) is 43.8 Å². The molecule has 22 heavy (non-hydrogen) atoms. The quantitative estimate of drug-likeness (QED) is 0.440. The fraction of sp³-hybridized carbons (Fsp3) is 0.562. The molecule has 0 amide bonds. The minimum absolute atomic E-state index is 0. The number of benzene rings is 1. The minimum Gasteiger partial charge on any atom is -0.381 e. The summed E-state index contributed by atoms with van der Waals surface area (Å²) in [6.07, 6.45) is 2.38. The SMILES string of the molecule is CN=C(NCc1ccc(Cl)cc1)N1CCC2(CCOC2)C1.I. The van der Waals surface area contributed by atoms with Gasteiger partial charge < -0.3 is 15.0 Å². The van der Waals surface area contributed by atoms with Crippen LogP contribution in [0.3, 0.4) is 0 Å². The molecule has 2 fully saturated rings. The monoisotopic (exact) mass is 435 g/mol. The second kappa shape index (κ2) is 7.84. The lowest BCUT2D eigenvalue weighted by Crippen LogP contribution is -2.41. The third kappa shape index (κ3) is 4.06. The van der Waals surface area contributed by atoms with Gasteiger partial charge in [0.05, 0.1) is 6.61 Å². The van der Waals surface area contributed by atoms with Crippen LogP contribution in [0.5, 0.6) is 0 Å². The number of hydrogen-bond acceptors (Lipinski definition) is 2. The Hall–Kier alpha value is -0.530. The van der Waals surface area contributed by atoms with Crippen molar-refractivity contribution < 1.29 is 4.74 Å². The van der Waals surface area contributed by atoms with Gasteiger partial charge in [-0.3, -0.25) is 4.99 Å². The molecule has 0 radical (unpaired) electrons. The van der Waals surface area contributed by atoms with Gasteiger partial charge in [-0.15, -0.1) is 24.0 Å². The highest BCUT2D eigenvalue weighted by Crippen LogP contribution is 2.38. The molecular formula is C16H23ClIN3O. The largest absolute Gasteiger partial charge is 0.381 e. The van der Waals surface area contributed by atoms with Gasteiger partial charge in [0.15, 0.2) is 5.96 Å². The lowest BCUT2D eigenvalue weighted by Gasteiger charge is -2.25. The number of aliphatic imine (C=N–C) groups is 1. The summed E-state index contributed by atoms with van der Waals surface area (Å²) in [6.45, 7) is 4.68. The Morgan fingerprint density at radius 3 is 2.77 bits per heavy atom. The van der Waals surface area contributed by atoms with Crippen LogP contribution < -0.4 is 5.32 Å². The van der Waals surface area contributed by atoms with Crippen LogP contribution in [0.15, 0.2) is 29.3 Å². The summed E-state index contributed by atoms with van der Waals surface area (Å²) >= 11 is 5.91. The molecule has 1 atom stereocenters. The summed E-state index contributed by atoms with van der Waals surface area (Å²) in [6, 6.07) is 7.92. The Labute approximate surface area is 154 Å². The summed E-state index contributed by atoms with van der Waals surface area (Å²) in [5, 5.41) is 4.21. The van der Waals surface area contributed by atoms with Crippen LogP contribution in [-0.4, -0.2) is 44.2 Å². The predicted molar refractivity (Wildman–Crippen MR) is 101 cm³/mol. The minimum atomic E-state index is 0. The van der Waals surface area contributed by atoms with Crippen molar-refractivity contribution in [3.05, 3.63) is 34.9 Å². The van der Waals surface area contributed by atoms with Crippen LogP contribution >= 0.6 is 35.6 Å². The number of hydrogen-bond donors (Lipinski definition) is 1. The highest BCUT2D eigenvalue weighted by molar-refractivity contribution is 14.0. The van der Waals surface area contributed by atoms with Gasteiger partial charge in [0.1, 0.15) is 0 Å². The number of guanidine groups is 1. The molecule has 2 aliphatic heterocycles. The van der Waals surface area contributed by atoms with Gasteiger partial charge >= 0.3 is 0 Å². The number of nitrogens with one attached hydrogen (secondary N) is 1. The van der Waals surface area contributed by atoms with Crippen LogP contribution in [0.25, 0.3) is 0 Å². The molecule has 1 aromatic carbocycles. The average molecular weight is 436 g/mol. The second-order valence-corrected chi connectivity index (χ2v) is 6.44. The van der Waals surface area contributed by atoms with E-state index in [1.54, 1.807) is 0 Å². The Balaban J connectivity index is 0.00000176. The molecular weight excluding hydrogens is 413 g/mol. The molecule has 0 aromatic heterocycles. The van der Waals surface area contributed by atoms with Gasteiger partial charge in [0, 0.05) is 43.7 Å². The Morgan fingerprint density at radius 1 is 1.36 bits per heavy atom. The lowest BCUT2D eigenvalue weighted by molar-refractivity contribution is 0.156. The molecule has 0 saturated carbocycles. The van der Waals surface area contributed by atoms with E-state index in [0.29, 0.717) is 5.41 Å². The highest BCUT2D eigenvalue weighted by atomic mass is 127. The summed E-state index contributed by atoms with van der Waals surface area (Å²) < 4.78 is 5.58. The third-order valence-electron chi connectivity index (χ3n) is 4.50. The third-order valence-corrected chi connectivity index (χ3v) is 4.75. The smallest absolute Gasteiger partial charge is 0.193 e. The van der Waals surface area contributed by atoms with Crippen molar-refractivity contribution in [2.24, 2.45) is 10.4 Å². The zero-order chi connectivity index (χ0) is 14.7. The van der Waals surface area contributed by atoms with Crippen LogP contribution in [-0.2, 0) is 11.3 Å². The average Bonchev–Trinajstić information content (AvgIpc) is 3.13. The molecule has 1 spiro atoms. The Bertz CT molecular complexity index is 515. The van der Waals surface area contributed by atoms with Gasteiger partial charge in [-0.2, -0.15) is 0 Å². The summed E-state index contributed by atoms with van der Waals surface area (Å²) in [5.41, 5.74) is 1.57. The molecule has 2 heterocycles. The van der Waals surface area contributed by atoms with Crippen molar-refractivity contribution >= 4 is 41.5 Å². The predicted octanol–water partition coefficient (Wildman–Crippen LogP) is 3.15.